The van der Waals surface area contributed by atoms with Gasteiger partial charge >= 0.3 is 0 Å². The molecule has 3 heterocycles. The SMILES string of the molecule is CC(C)c1cnc([C@@H](NC(=O)C2[C@H](F)CCN2C(=O)Cc2cn[nH]n2)c2ccccc2)cc1C(F)F. The first-order chi connectivity index (χ1) is 17.3. The fourth-order valence-corrected chi connectivity index (χ4v) is 4.44. The molecule has 2 amide bonds. The molecular weight excluding hydrogens is 473 g/mol. The lowest BCUT2D eigenvalue weighted by Gasteiger charge is -2.28. The molecule has 1 aliphatic rings. The molecule has 0 bridgehead atoms. The quantitative estimate of drug-likeness (QED) is 0.492. The predicted molar refractivity (Wildman–Crippen MR) is 125 cm³/mol. The monoisotopic (exact) mass is 500 g/mol. The predicted octanol–water partition coefficient (Wildman–Crippen LogP) is 3.65. The van der Waals surface area contributed by atoms with Crippen LogP contribution in [0.25, 0.3) is 0 Å². The molecular formula is C25H27F3N6O2. The van der Waals surface area contributed by atoms with Gasteiger partial charge in [0.1, 0.15) is 12.2 Å². The highest BCUT2D eigenvalue weighted by atomic mass is 19.3. The van der Waals surface area contributed by atoms with Crippen molar-refractivity contribution in [3.05, 3.63) is 76.9 Å². The minimum Gasteiger partial charge on any atom is -0.342 e. The third-order valence-electron chi connectivity index (χ3n) is 6.27. The van der Waals surface area contributed by atoms with E-state index in [1.54, 1.807) is 44.2 Å². The summed E-state index contributed by atoms with van der Waals surface area (Å²) in [5, 5.41) is 12.7. The number of nitrogens with one attached hydrogen (secondary N) is 2. The summed E-state index contributed by atoms with van der Waals surface area (Å²) in [6, 6.07) is 7.71. The van der Waals surface area contributed by atoms with Crippen LogP contribution in [0.5, 0.6) is 0 Å². The van der Waals surface area contributed by atoms with Crippen molar-refractivity contribution in [3.8, 4) is 0 Å². The number of hydrogen-bond acceptors (Lipinski definition) is 5. The highest BCUT2D eigenvalue weighted by Crippen LogP contribution is 2.32. The number of likely N-dealkylation sites (tertiary alicyclic amines) is 1. The van der Waals surface area contributed by atoms with Gasteiger partial charge in [-0.15, -0.1) is 0 Å². The Morgan fingerprint density at radius 2 is 1.92 bits per heavy atom. The number of alkyl halides is 3. The smallest absolute Gasteiger partial charge is 0.264 e. The summed E-state index contributed by atoms with van der Waals surface area (Å²) in [6.45, 7) is 3.67. The summed E-state index contributed by atoms with van der Waals surface area (Å²) in [7, 11) is 0. The number of carbonyl (C=O) groups is 2. The third kappa shape index (κ3) is 5.39. The second-order valence-electron chi connectivity index (χ2n) is 9.02. The van der Waals surface area contributed by atoms with E-state index in [0.717, 1.165) is 0 Å². The third-order valence-corrected chi connectivity index (χ3v) is 6.27. The van der Waals surface area contributed by atoms with Crippen LogP contribution in [0.1, 0.15) is 66.7 Å². The molecule has 1 unspecified atom stereocenters. The lowest BCUT2D eigenvalue weighted by Crippen LogP contribution is -2.50. The van der Waals surface area contributed by atoms with Crippen LogP contribution in [-0.4, -0.2) is 55.9 Å². The number of aromatic amines is 1. The zero-order valence-corrected chi connectivity index (χ0v) is 19.9. The highest BCUT2D eigenvalue weighted by Gasteiger charge is 2.43. The van der Waals surface area contributed by atoms with Crippen LogP contribution in [0.2, 0.25) is 0 Å². The van der Waals surface area contributed by atoms with E-state index in [1.165, 1.54) is 23.4 Å². The summed E-state index contributed by atoms with van der Waals surface area (Å²) < 4.78 is 42.6. The number of nitrogens with zero attached hydrogens (tertiary/aromatic N) is 4. The van der Waals surface area contributed by atoms with Crippen molar-refractivity contribution >= 4 is 11.8 Å². The Morgan fingerprint density at radius 1 is 1.17 bits per heavy atom. The van der Waals surface area contributed by atoms with Crippen LogP contribution in [0.4, 0.5) is 13.2 Å². The molecule has 1 aromatic carbocycles. The Hall–Kier alpha value is -3.76. The summed E-state index contributed by atoms with van der Waals surface area (Å²) >= 11 is 0. The molecule has 2 aromatic heterocycles. The van der Waals surface area contributed by atoms with Crippen LogP contribution in [0, 0.1) is 0 Å². The normalized spacial score (nSPS) is 18.6. The second-order valence-corrected chi connectivity index (χ2v) is 9.02. The molecule has 0 radical (unpaired) electrons. The van der Waals surface area contributed by atoms with E-state index in [9.17, 15) is 22.8 Å². The number of amides is 2. The van der Waals surface area contributed by atoms with Crippen molar-refractivity contribution in [3.63, 3.8) is 0 Å². The average Bonchev–Trinajstić information content (AvgIpc) is 3.52. The molecule has 0 saturated carbocycles. The Labute approximate surface area is 206 Å². The fraction of sp³-hybridized carbons (Fsp3) is 0.400. The molecule has 2 N–H and O–H groups in total. The number of hydrogen-bond donors (Lipinski definition) is 2. The van der Waals surface area contributed by atoms with Gasteiger partial charge in [0.15, 0.2) is 0 Å². The van der Waals surface area contributed by atoms with Crippen LogP contribution in [0.15, 0.2) is 48.8 Å². The van der Waals surface area contributed by atoms with Crippen LogP contribution in [-0.2, 0) is 16.0 Å². The summed E-state index contributed by atoms with van der Waals surface area (Å²) in [4.78, 5) is 31.8. The Kier molecular flexibility index (Phi) is 7.66. The number of halogens is 3. The van der Waals surface area contributed by atoms with Gasteiger partial charge in [0.05, 0.1) is 30.0 Å². The van der Waals surface area contributed by atoms with Gasteiger partial charge in [-0.25, -0.2) is 13.2 Å². The van der Waals surface area contributed by atoms with Crippen LogP contribution < -0.4 is 5.32 Å². The van der Waals surface area contributed by atoms with Gasteiger partial charge in [-0.1, -0.05) is 44.2 Å². The van der Waals surface area contributed by atoms with Crippen molar-refractivity contribution in [2.45, 2.75) is 57.3 Å². The number of pyridine rings is 1. The van der Waals surface area contributed by atoms with Gasteiger partial charge in [0.2, 0.25) is 11.8 Å². The molecule has 0 spiro atoms. The molecule has 3 atom stereocenters. The van der Waals surface area contributed by atoms with Crippen molar-refractivity contribution in [1.29, 1.82) is 0 Å². The van der Waals surface area contributed by atoms with Gasteiger partial charge in [0, 0.05) is 18.3 Å². The van der Waals surface area contributed by atoms with Gasteiger partial charge in [-0.3, -0.25) is 14.6 Å². The topological polar surface area (TPSA) is 104 Å². The van der Waals surface area contributed by atoms with E-state index in [0.29, 0.717) is 16.8 Å². The number of rotatable bonds is 8. The molecule has 4 rings (SSSR count). The van der Waals surface area contributed by atoms with Gasteiger partial charge in [0.25, 0.3) is 6.43 Å². The summed E-state index contributed by atoms with van der Waals surface area (Å²) in [6.07, 6.45) is -1.65. The molecule has 1 saturated heterocycles. The van der Waals surface area contributed by atoms with Crippen LogP contribution >= 0.6 is 0 Å². The average molecular weight is 501 g/mol. The molecule has 11 heteroatoms. The molecule has 1 fully saturated rings. The van der Waals surface area contributed by atoms with E-state index in [4.69, 9.17) is 0 Å². The van der Waals surface area contributed by atoms with E-state index >= 15 is 0 Å². The van der Waals surface area contributed by atoms with E-state index in [2.05, 4.69) is 25.7 Å². The largest absolute Gasteiger partial charge is 0.342 e. The number of aromatic nitrogens is 4. The molecule has 36 heavy (non-hydrogen) atoms. The van der Waals surface area contributed by atoms with Crippen molar-refractivity contribution < 1.29 is 22.8 Å². The van der Waals surface area contributed by atoms with E-state index in [-0.39, 0.29) is 36.6 Å². The van der Waals surface area contributed by atoms with E-state index < -0.39 is 36.5 Å². The minimum atomic E-state index is -2.73. The Morgan fingerprint density at radius 3 is 2.56 bits per heavy atom. The molecule has 3 aromatic rings. The van der Waals surface area contributed by atoms with Gasteiger partial charge < -0.3 is 10.2 Å². The van der Waals surface area contributed by atoms with Gasteiger partial charge in [-0.05, 0) is 29.5 Å². The Bertz CT molecular complexity index is 1190. The lowest BCUT2D eigenvalue weighted by atomic mass is 9.95. The maximum Gasteiger partial charge on any atom is 0.264 e. The van der Waals surface area contributed by atoms with Crippen molar-refractivity contribution in [2.24, 2.45) is 0 Å². The lowest BCUT2D eigenvalue weighted by molar-refractivity contribution is -0.139. The van der Waals surface area contributed by atoms with Crippen molar-refractivity contribution in [1.82, 2.24) is 30.6 Å². The zero-order chi connectivity index (χ0) is 25.8. The number of carbonyl (C=O) groups excluding carboxylic acids is 2. The second kappa shape index (κ2) is 10.9. The van der Waals surface area contributed by atoms with Crippen molar-refractivity contribution in [2.75, 3.05) is 6.54 Å². The molecule has 0 aliphatic carbocycles. The minimum absolute atomic E-state index is 0.00944. The summed E-state index contributed by atoms with van der Waals surface area (Å²) in [5.74, 6) is -1.36. The molecule has 190 valence electrons. The maximum absolute atomic E-state index is 14.9. The molecule has 1 aliphatic heterocycles. The highest BCUT2D eigenvalue weighted by molar-refractivity contribution is 5.90. The summed E-state index contributed by atoms with van der Waals surface area (Å²) in [5.41, 5.74) is 1.40. The fourth-order valence-electron chi connectivity index (χ4n) is 4.44. The Balaban J connectivity index is 1.63. The van der Waals surface area contributed by atoms with Gasteiger partial charge in [-0.2, -0.15) is 15.4 Å². The first kappa shape index (κ1) is 25.3. The number of H-pyrrole nitrogens is 1. The standard InChI is InChI=1S/C25H27F3N6O2/c1-14(2)18-13-29-20(11-17(18)24(27)28)22(15-6-4-3-5-7-15)31-25(36)23-19(26)8-9-34(23)21(35)10-16-12-30-33-32-16/h3-7,11-14,19,22-24H,8-10H2,1-2H3,(H,31,36)(H,30,32,33)/t19-,22+,23?/m1/s1. The van der Waals surface area contributed by atoms with Crippen LogP contribution in [0.3, 0.4) is 0 Å². The molecule has 8 nitrogen and oxygen atoms in total. The number of benzene rings is 1. The first-order valence-corrected chi connectivity index (χ1v) is 11.7. The zero-order valence-electron chi connectivity index (χ0n) is 19.9. The first-order valence-electron chi connectivity index (χ1n) is 11.7. The maximum atomic E-state index is 14.9. The van der Waals surface area contributed by atoms with E-state index in [1.807, 2.05) is 0 Å².